The third kappa shape index (κ3) is 1.79. The fraction of sp³-hybridized carbons (Fsp3) is 0.400. The Hall–Kier alpha value is -0.930. The number of hydrogen-bond donors (Lipinski definition) is 1. The summed E-state index contributed by atoms with van der Waals surface area (Å²) in [4.78, 5) is 0. The summed E-state index contributed by atoms with van der Waals surface area (Å²) in [6.45, 7) is 0.931. The van der Waals surface area contributed by atoms with E-state index in [0.29, 0.717) is 0 Å². The number of rotatable bonds is 1. The first-order valence-corrected chi connectivity index (χ1v) is 4.51. The smallest absolute Gasteiger partial charge is 0.124 e. The van der Waals surface area contributed by atoms with Crippen LogP contribution in [-0.4, -0.2) is 13.7 Å². The van der Waals surface area contributed by atoms with Gasteiger partial charge >= 0.3 is 0 Å². The second kappa shape index (κ2) is 4.53. The Kier molecular flexibility index (Phi) is 3.61. The number of nitrogens with zero attached hydrogens (tertiary/aromatic N) is 1. The summed E-state index contributed by atoms with van der Waals surface area (Å²) in [6, 6.07) is 6.00. The van der Waals surface area contributed by atoms with E-state index in [2.05, 4.69) is 0 Å². The molecule has 4 heteroatoms. The van der Waals surface area contributed by atoms with E-state index >= 15 is 0 Å². The van der Waals surface area contributed by atoms with Crippen LogP contribution in [0.2, 0.25) is 0 Å². The van der Waals surface area contributed by atoms with Gasteiger partial charge in [-0.2, -0.15) is 0 Å². The van der Waals surface area contributed by atoms with E-state index in [4.69, 9.17) is 10.6 Å². The van der Waals surface area contributed by atoms with Gasteiger partial charge in [0.25, 0.3) is 0 Å². The zero-order valence-corrected chi connectivity index (χ0v) is 9.01. The molecule has 0 bridgehead atoms. The highest BCUT2D eigenvalue weighted by Gasteiger charge is 2.16. The number of methoxy groups -OCH3 is 1. The van der Waals surface area contributed by atoms with Crippen LogP contribution in [0.5, 0.6) is 5.75 Å². The van der Waals surface area contributed by atoms with Crippen molar-refractivity contribution in [1.29, 1.82) is 0 Å². The van der Waals surface area contributed by atoms with Gasteiger partial charge in [0.2, 0.25) is 0 Å². The number of anilines is 1. The Morgan fingerprint density at radius 3 is 2.93 bits per heavy atom. The summed E-state index contributed by atoms with van der Waals surface area (Å²) in [5.74, 6) is 6.80. The summed E-state index contributed by atoms with van der Waals surface area (Å²) in [5, 5.41) is 1.79. The number of hydrogen-bond acceptors (Lipinski definition) is 3. The van der Waals surface area contributed by atoms with Crippen molar-refractivity contribution in [2.75, 3.05) is 18.7 Å². The summed E-state index contributed by atoms with van der Waals surface area (Å²) in [6.07, 6.45) is 2.16. The van der Waals surface area contributed by atoms with Gasteiger partial charge in [0, 0.05) is 12.1 Å². The van der Waals surface area contributed by atoms with Crippen molar-refractivity contribution in [3.8, 4) is 5.75 Å². The van der Waals surface area contributed by atoms with Crippen molar-refractivity contribution in [3.05, 3.63) is 23.8 Å². The summed E-state index contributed by atoms with van der Waals surface area (Å²) in [5.41, 5.74) is 2.34. The van der Waals surface area contributed by atoms with Crippen LogP contribution in [0.15, 0.2) is 18.2 Å². The highest BCUT2D eigenvalue weighted by Crippen LogP contribution is 2.32. The molecule has 0 aromatic heterocycles. The van der Waals surface area contributed by atoms with Crippen LogP contribution in [-0.2, 0) is 6.42 Å². The topological polar surface area (TPSA) is 38.5 Å². The molecule has 0 atom stereocenters. The molecule has 1 aromatic carbocycles. The SMILES string of the molecule is COc1cccc2c1CCCN2N.Cl. The average molecular weight is 215 g/mol. The van der Waals surface area contributed by atoms with Crippen molar-refractivity contribution < 1.29 is 4.74 Å². The van der Waals surface area contributed by atoms with E-state index < -0.39 is 0 Å². The molecule has 0 amide bonds. The number of benzene rings is 1. The summed E-state index contributed by atoms with van der Waals surface area (Å²) >= 11 is 0. The van der Waals surface area contributed by atoms with E-state index in [-0.39, 0.29) is 12.4 Å². The molecule has 14 heavy (non-hydrogen) atoms. The first-order valence-electron chi connectivity index (χ1n) is 4.51. The van der Waals surface area contributed by atoms with Gasteiger partial charge in [-0.15, -0.1) is 12.4 Å². The molecule has 0 saturated carbocycles. The molecule has 78 valence electrons. The van der Waals surface area contributed by atoms with E-state index in [0.717, 1.165) is 30.8 Å². The number of fused-ring (bicyclic) bond motifs is 1. The van der Waals surface area contributed by atoms with Crippen LogP contribution in [0, 0.1) is 0 Å². The van der Waals surface area contributed by atoms with Gasteiger partial charge in [-0.1, -0.05) is 6.07 Å². The maximum Gasteiger partial charge on any atom is 0.124 e. The first kappa shape index (κ1) is 11.1. The maximum atomic E-state index is 5.85. The van der Waals surface area contributed by atoms with E-state index in [9.17, 15) is 0 Å². The van der Waals surface area contributed by atoms with E-state index in [1.54, 1.807) is 12.1 Å². The standard InChI is InChI=1S/C10H14N2O.ClH/c1-13-10-6-2-5-9-8(10)4-3-7-12(9)11;/h2,5-6H,3-4,7,11H2,1H3;1H. The van der Waals surface area contributed by atoms with Crippen LogP contribution < -0.4 is 15.6 Å². The van der Waals surface area contributed by atoms with Crippen LogP contribution >= 0.6 is 12.4 Å². The fourth-order valence-corrected chi connectivity index (χ4v) is 1.81. The highest BCUT2D eigenvalue weighted by molar-refractivity contribution is 5.85. The quantitative estimate of drug-likeness (QED) is 0.724. The van der Waals surface area contributed by atoms with Crippen LogP contribution in [0.4, 0.5) is 5.69 Å². The lowest BCUT2D eigenvalue weighted by molar-refractivity contribution is 0.408. The zero-order chi connectivity index (χ0) is 9.26. The number of halogens is 1. The molecule has 0 unspecified atom stereocenters. The molecule has 0 spiro atoms. The van der Waals surface area contributed by atoms with Gasteiger partial charge in [-0.3, -0.25) is 0 Å². The normalized spacial score (nSPS) is 14.3. The number of nitrogens with two attached hydrogens (primary N) is 1. The van der Waals surface area contributed by atoms with Crippen molar-refractivity contribution >= 4 is 18.1 Å². The van der Waals surface area contributed by atoms with Gasteiger partial charge in [-0.25, -0.2) is 5.84 Å². The molecule has 1 aliphatic rings. The van der Waals surface area contributed by atoms with Crippen molar-refractivity contribution in [2.45, 2.75) is 12.8 Å². The van der Waals surface area contributed by atoms with Crippen LogP contribution in [0.1, 0.15) is 12.0 Å². The minimum atomic E-state index is 0. The van der Waals surface area contributed by atoms with Gasteiger partial charge < -0.3 is 9.75 Å². The lowest BCUT2D eigenvalue weighted by Crippen LogP contribution is -2.35. The molecule has 0 radical (unpaired) electrons. The molecule has 2 rings (SSSR count). The Labute approximate surface area is 90.2 Å². The number of ether oxygens (including phenoxy) is 1. The molecular formula is C10H15ClN2O. The molecule has 1 heterocycles. The Balaban J connectivity index is 0.000000980. The fourth-order valence-electron chi connectivity index (χ4n) is 1.81. The second-order valence-corrected chi connectivity index (χ2v) is 3.25. The van der Waals surface area contributed by atoms with Gasteiger partial charge in [0.05, 0.1) is 12.8 Å². The molecule has 3 nitrogen and oxygen atoms in total. The molecule has 1 aromatic rings. The van der Waals surface area contributed by atoms with Crippen molar-refractivity contribution in [2.24, 2.45) is 5.84 Å². The average Bonchev–Trinajstić information content (AvgIpc) is 2.18. The zero-order valence-electron chi connectivity index (χ0n) is 8.19. The first-order chi connectivity index (χ1) is 6.33. The Bertz CT molecular complexity index is 317. The summed E-state index contributed by atoms with van der Waals surface area (Å²) < 4.78 is 5.28. The van der Waals surface area contributed by atoms with Crippen LogP contribution in [0.3, 0.4) is 0 Å². The van der Waals surface area contributed by atoms with Gasteiger partial charge in [0.1, 0.15) is 5.75 Å². The summed E-state index contributed by atoms with van der Waals surface area (Å²) in [7, 11) is 1.70. The lowest BCUT2D eigenvalue weighted by atomic mass is 10.0. The maximum absolute atomic E-state index is 5.85. The predicted octanol–water partition coefficient (Wildman–Crippen LogP) is 1.74. The van der Waals surface area contributed by atoms with Crippen LogP contribution in [0.25, 0.3) is 0 Å². The van der Waals surface area contributed by atoms with E-state index in [1.807, 2.05) is 18.2 Å². The molecular weight excluding hydrogens is 200 g/mol. The molecule has 1 aliphatic heterocycles. The lowest BCUT2D eigenvalue weighted by Gasteiger charge is -2.27. The largest absolute Gasteiger partial charge is 0.496 e. The van der Waals surface area contributed by atoms with E-state index in [1.165, 1.54) is 5.56 Å². The minimum absolute atomic E-state index is 0. The molecule has 2 N–H and O–H groups in total. The minimum Gasteiger partial charge on any atom is -0.496 e. The molecule has 0 fully saturated rings. The van der Waals surface area contributed by atoms with Crippen molar-refractivity contribution in [1.82, 2.24) is 0 Å². The van der Waals surface area contributed by atoms with Gasteiger partial charge in [-0.05, 0) is 25.0 Å². The molecule has 0 aliphatic carbocycles. The number of hydrazine groups is 1. The van der Waals surface area contributed by atoms with Crippen molar-refractivity contribution in [3.63, 3.8) is 0 Å². The third-order valence-electron chi connectivity index (χ3n) is 2.46. The molecule has 0 saturated heterocycles. The highest BCUT2D eigenvalue weighted by atomic mass is 35.5. The second-order valence-electron chi connectivity index (χ2n) is 3.25. The third-order valence-corrected chi connectivity index (χ3v) is 2.46. The Morgan fingerprint density at radius 2 is 2.21 bits per heavy atom. The Morgan fingerprint density at radius 1 is 1.43 bits per heavy atom. The predicted molar refractivity (Wildman–Crippen MR) is 60.1 cm³/mol. The monoisotopic (exact) mass is 214 g/mol. The van der Waals surface area contributed by atoms with Gasteiger partial charge in [0.15, 0.2) is 0 Å².